The maximum absolute atomic E-state index is 9.71. The fourth-order valence-electron chi connectivity index (χ4n) is 1.38. The standard InChI is InChI=1S/C11H20O2/c1-5-6-7-8-10(12)11(13-4)9(2)3/h9-12H,7-8H2,1-4H3. The summed E-state index contributed by atoms with van der Waals surface area (Å²) in [7, 11) is 1.64. The van der Waals surface area contributed by atoms with E-state index in [4.69, 9.17) is 4.74 Å². The third kappa shape index (κ3) is 4.92. The summed E-state index contributed by atoms with van der Waals surface area (Å²) in [4.78, 5) is 0. The number of rotatable bonds is 5. The number of hydrogen-bond acceptors (Lipinski definition) is 2. The Morgan fingerprint density at radius 1 is 1.38 bits per heavy atom. The Morgan fingerprint density at radius 3 is 2.38 bits per heavy atom. The van der Waals surface area contributed by atoms with Crippen LogP contribution in [0.4, 0.5) is 0 Å². The summed E-state index contributed by atoms with van der Waals surface area (Å²) in [6.45, 7) is 5.90. The van der Waals surface area contributed by atoms with Crippen LogP contribution in [0.25, 0.3) is 0 Å². The van der Waals surface area contributed by atoms with E-state index < -0.39 is 6.10 Å². The summed E-state index contributed by atoms with van der Waals surface area (Å²) < 4.78 is 5.21. The first kappa shape index (κ1) is 12.5. The third-order valence-corrected chi connectivity index (χ3v) is 2.05. The Morgan fingerprint density at radius 2 is 2.00 bits per heavy atom. The van der Waals surface area contributed by atoms with E-state index in [0.29, 0.717) is 12.3 Å². The Hall–Kier alpha value is -0.520. The summed E-state index contributed by atoms with van der Waals surface area (Å²) in [5.41, 5.74) is 0. The molecule has 0 heterocycles. The van der Waals surface area contributed by atoms with Crippen LogP contribution in [0, 0.1) is 17.8 Å². The van der Waals surface area contributed by atoms with Gasteiger partial charge in [-0.2, -0.15) is 0 Å². The zero-order valence-electron chi connectivity index (χ0n) is 9.00. The Balaban J connectivity index is 3.88. The van der Waals surface area contributed by atoms with Gasteiger partial charge in [0, 0.05) is 13.5 Å². The van der Waals surface area contributed by atoms with Crippen molar-refractivity contribution in [2.24, 2.45) is 5.92 Å². The molecular formula is C11H20O2. The fourth-order valence-corrected chi connectivity index (χ4v) is 1.38. The quantitative estimate of drug-likeness (QED) is 0.660. The van der Waals surface area contributed by atoms with Gasteiger partial charge in [-0.3, -0.25) is 0 Å². The first-order valence-corrected chi connectivity index (χ1v) is 4.74. The minimum atomic E-state index is -0.397. The summed E-state index contributed by atoms with van der Waals surface area (Å²) in [5, 5.41) is 9.71. The number of aliphatic hydroxyl groups is 1. The zero-order valence-corrected chi connectivity index (χ0v) is 9.00. The van der Waals surface area contributed by atoms with Gasteiger partial charge in [0.1, 0.15) is 0 Å². The van der Waals surface area contributed by atoms with E-state index in [1.54, 1.807) is 7.11 Å². The van der Waals surface area contributed by atoms with Gasteiger partial charge in [-0.1, -0.05) is 13.8 Å². The molecule has 2 nitrogen and oxygen atoms in total. The van der Waals surface area contributed by atoms with Crippen LogP contribution in [-0.2, 0) is 4.74 Å². The molecule has 76 valence electrons. The number of ether oxygens (including phenoxy) is 1. The van der Waals surface area contributed by atoms with Gasteiger partial charge in [-0.25, -0.2) is 0 Å². The molecule has 0 rings (SSSR count). The van der Waals surface area contributed by atoms with Crippen LogP contribution in [0.3, 0.4) is 0 Å². The first-order chi connectivity index (χ1) is 6.13. The lowest BCUT2D eigenvalue weighted by Crippen LogP contribution is -2.32. The predicted octanol–water partition coefficient (Wildman–Crippen LogP) is 1.82. The van der Waals surface area contributed by atoms with Gasteiger partial charge in [0.05, 0.1) is 12.2 Å². The Kier molecular flexibility index (Phi) is 6.66. The lowest BCUT2D eigenvalue weighted by Gasteiger charge is -2.24. The highest BCUT2D eigenvalue weighted by atomic mass is 16.5. The van der Waals surface area contributed by atoms with Crippen LogP contribution in [-0.4, -0.2) is 24.4 Å². The molecule has 0 fully saturated rings. The smallest absolute Gasteiger partial charge is 0.0853 e. The van der Waals surface area contributed by atoms with Gasteiger partial charge in [-0.15, -0.1) is 11.8 Å². The van der Waals surface area contributed by atoms with E-state index in [1.165, 1.54) is 0 Å². The second-order valence-electron chi connectivity index (χ2n) is 3.48. The molecule has 0 bridgehead atoms. The van der Waals surface area contributed by atoms with E-state index in [1.807, 2.05) is 20.8 Å². The summed E-state index contributed by atoms with van der Waals surface area (Å²) in [6, 6.07) is 0. The molecule has 0 aromatic carbocycles. The van der Waals surface area contributed by atoms with Crippen molar-refractivity contribution in [3.05, 3.63) is 0 Å². The SMILES string of the molecule is CC#CCCC(O)C(OC)C(C)C. The van der Waals surface area contributed by atoms with Crippen molar-refractivity contribution in [2.45, 2.75) is 45.8 Å². The normalized spacial score (nSPS) is 14.9. The minimum absolute atomic E-state index is 0.0707. The highest BCUT2D eigenvalue weighted by Crippen LogP contribution is 2.13. The van der Waals surface area contributed by atoms with Crippen molar-refractivity contribution in [3.63, 3.8) is 0 Å². The molecule has 1 N–H and O–H groups in total. The van der Waals surface area contributed by atoms with Crippen molar-refractivity contribution in [2.75, 3.05) is 7.11 Å². The summed E-state index contributed by atoms with van der Waals surface area (Å²) in [5.74, 6) is 6.08. The van der Waals surface area contributed by atoms with Crippen molar-refractivity contribution < 1.29 is 9.84 Å². The average Bonchev–Trinajstić information content (AvgIpc) is 2.05. The van der Waals surface area contributed by atoms with Gasteiger partial charge in [0.2, 0.25) is 0 Å². The van der Waals surface area contributed by atoms with Crippen LogP contribution in [0.5, 0.6) is 0 Å². The molecule has 0 aliphatic carbocycles. The van der Waals surface area contributed by atoms with E-state index in [-0.39, 0.29) is 6.10 Å². The van der Waals surface area contributed by atoms with Crippen LogP contribution in [0.1, 0.15) is 33.6 Å². The predicted molar refractivity (Wildman–Crippen MR) is 54.3 cm³/mol. The largest absolute Gasteiger partial charge is 0.390 e. The van der Waals surface area contributed by atoms with Gasteiger partial charge in [0.25, 0.3) is 0 Å². The topological polar surface area (TPSA) is 29.5 Å². The molecule has 0 spiro atoms. The second kappa shape index (κ2) is 6.94. The Bertz CT molecular complexity index is 176. The molecule has 0 aromatic heterocycles. The molecule has 2 heteroatoms. The van der Waals surface area contributed by atoms with Gasteiger partial charge >= 0.3 is 0 Å². The molecule has 0 aliphatic heterocycles. The number of methoxy groups -OCH3 is 1. The van der Waals surface area contributed by atoms with Gasteiger partial charge in [0.15, 0.2) is 0 Å². The third-order valence-electron chi connectivity index (χ3n) is 2.05. The molecule has 0 saturated heterocycles. The first-order valence-electron chi connectivity index (χ1n) is 4.74. The molecule has 2 unspecified atom stereocenters. The lowest BCUT2D eigenvalue weighted by molar-refractivity contribution is -0.0399. The van der Waals surface area contributed by atoms with E-state index >= 15 is 0 Å². The van der Waals surface area contributed by atoms with Crippen molar-refractivity contribution in [3.8, 4) is 11.8 Å². The van der Waals surface area contributed by atoms with E-state index in [0.717, 1.165) is 6.42 Å². The maximum atomic E-state index is 9.71. The molecule has 13 heavy (non-hydrogen) atoms. The van der Waals surface area contributed by atoms with E-state index in [2.05, 4.69) is 11.8 Å². The van der Waals surface area contributed by atoms with Crippen molar-refractivity contribution in [1.29, 1.82) is 0 Å². The molecular weight excluding hydrogens is 164 g/mol. The Labute approximate surface area is 81.3 Å². The fraction of sp³-hybridized carbons (Fsp3) is 0.818. The summed E-state index contributed by atoms with van der Waals surface area (Å²) in [6.07, 6.45) is 0.964. The molecule has 0 saturated carbocycles. The molecule has 2 atom stereocenters. The number of hydrogen-bond donors (Lipinski definition) is 1. The lowest BCUT2D eigenvalue weighted by atomic mass is 9.98. The summed E-state index contributed by atoms with van der Waals surface area (Å²) >= 11 is 0. The molecule has 0 radical (unpaired) electrons. The highest BCUT2D eigenvalue weighted by Gasteiger charge is 2.21. The van der Waals surface area contributed by atoms with Crippen LogP contribution >= 0.6 is 0 Å². The van der Waals surface area contributed by atoms with Crippen LogP contribution < -0.4 is 0 Å². The molecule has 0 amide bonds. The van der Waals surface area contributed by atoms with Crippen molar-refractivity contribution >= 4 is 0 Å². The van der Waals surface area contributed by atoms with Crippen LogP contribution in [0.15, 0.2) is 0 Å². The highest BCUT2D eigenvalue weighted by molar-refractivity contribution is 4.95. The van der Waals surface area contributed by atoms with Gasteiger partial charge in [-0.05, 0) is 19.3 Å². The minimum Gasteiger partial charge on any atom is -0.390 e. The van der Waals surface area contributed by atoms with Crippen molar-refractivity contribution in [1.82, 2.24) is 0 Å². The maximum Gasteiger partial charge on any atom is 0.0853 e. The average molecular weight is 184 g/mol. The van der Waals surface area contributed by atoms with Crippen LogP contribution in [0.2, 0.25) is 0 Å². The molecule has 0 aromatic rings. The van der Waals surface area contributed by atoms with Gasteiger partial charge < -0.3 is 9.84 Å². The zero-order chi connectivity index (χ0) is 10.3. The monoisotopic (exact) mass is 184 g/mol. The van der Waals surface area contributed by atoms with E-state index in [9.17, 15) is 5.11 Å². The second-order valence-corrected chi connectivity index (χ2v) is 3.48. The number of aliphatic hydroxyl groups excluding tert-OH is 1. The molecule has 0 aliphatic rings.